The third-order valence-electron chi connectivity index (χ3n) is 4.63. The standard InChI is InChI=1S/C21H25N3O3/c1-16-13-20(17(2)24(16)14-18-7-4-5-9-22-18)21(25)23(10-12-26-3)15-19-8-6-11-27-19/h4-9,11,13H,10,12,14-15H2,1-3H3. The Morgan fingerprint density at radius 3 is 2.78 bits per heavy atom. The van der Waals surface area contributed by atoms with Gasteiger partial charge in [0.15, 0.2) is 0 Å². The molecule has 0 atom stereocenters. The summed E-state index contributed by atoms with van der Waals surface area (Å²) in [6.45, 7) is 6.02. The number of hydrogen-bond donors (Lipinski definition) is 0. The Labute approximate surface area is 159 Å². The van der Waals surface area contributed by atoms with Gasteiger partial charge < -0.3 is 18.6 Å². The first-order valence-corrected chi connectivity index (χ1v) is 8.97. The number of carbonyl (C=O) groups is 1. The highest BCUT2D eigenvalue weighted by molar-refractivity contribution is 5.95. The molecule has 3 aromatic heterocycles. The van der Waals surface area contributed by atoms with Crippen molar-refractivity contribution >= 4 is 5.91 Å². The third kappa shape index (κ3) is 4.46. The van der Waals surface area contributed by atoms with E-state index in [2.05, 4.69) is 9.55 Å². The summed E-state index contributed by atoms with van der Waals surface area (Å²) in [5.41, 5.74) is 3.63. The fourth-order valence-corrected chi connectivity index (χ4v) is 3.13. The van der Waals surface area contributed by atoms with Crippen molar-refractivity contribution in [3.8, 4) is 0 Å². The molecule has 142 valence electrons. The van der Waals surface area contributed by atoms with Crippen LogP contribution in [0.15, 0.2) is 53.3 Å². The molecule has 0 aliphatic rings. The molecule has 0 spiro atoms. The van der Waals surface area contributed by atoms with Crippen molar-refractivity contribution in [1.82, 2.24) is 14.5 Å². The number of carbonyl (C=O) groups excluding carboxylic acids is 1. The van der Waals surface area contributed by atoms with Crippen molar-refractivity contribution in [2.45, 2.75) is 26.9 Å². The molecule has 0 fully saturated rings. The molecule has 0 bridgehead atoms. The molecular weight excluding hydrogens is 342 g/mol. The molecule has 3 heterocycles. The van der Waals surface area contributed by atoms with Gasteiger partial charge in [0.1, 0.15) is 5.76 Å². The first-order valence-electron chi connectivity index (χ1n) is 8.97. The highest BCUT2D eigenvalue weighted by atomic mass is 16.5. The summed E-state index contributed by atoms with van der Waals surface area (Å²) in [6.07, 6.45) is 3.40. The molecule has 3 aromatic rings. The van der Waals surface area contributed by atoms with Gasteiger partial charge in [0.2, 0.25) is 0 Å². The molecule has 3 rings (SSSR count). The van der Waals surface area contributed by atoms with Crippen LogP contribution in [0.25, 0.3) is 0 Å². The first-order chi connectivity index (χ1) is 13.1. The van der Waals surface area contributed by atoms with E-state index in [0.29, 0.717) is 31.8 Å². The van der Waals surface area contributed by atoms with Gasteiger partial charge >= 0.3 is 0 Å². The quantitative estimate of drug-likeness (QED) is 0.612. The Balaban J connectivity index is 1.84. The summed E-state index contributed by atoms with van der Waals surface area (Å²) in [5, 5.41) is 0. The number of amides is 1. The number of hydrogen-bond acceptors (Lipinski definition) is 4. The average molecular weight is 367 g/mol. The minimum absolute atomic E-state index is 0.0242. The predicted octanol–water partition coefficient (Wildman–Crippen LogP) is 3.43. The Bertz CT molecular complexity index is 870. The van der Waals surface area contributed by atoms with E-state index in [1.165, 1.54) is 0 Å². The zero-order valence-electron chi connectivity index (χ0n) is 16.0. The number of aryl methyl sites for hydroxylation is 1. The van der Waals surface area contributed by atoms with Crippen LogP contribution in [0, 0.1) is 13.8 Å². The van der Waals surface area contributed by atoms with Gasteiger partial charge in [-0.05, 0) is 44.2 Å². The van der Waals surface area contributed by atoms with Crippen LogP contribution in [0.3, 0.4) is 0 Å². The van der Waals surface area contributed by atoms with E-state index in [4.69, 9.17) is 9.15 Å². The molecule has 1 amide bonds. The van der Waals surface area contributed by atoms with Gasteiger partial charge in [-0.3, -0.25) is 9.78 Å². The molecular formula is C21H25N3O3. The lowest BCUT2D eigenvalue weighted by atomic mass is 10.2. The molecule has 0 saturated heterocycles. The highest BCUT2D eigenvalue weighted by Gasteiger charge is 2.22. The number of rotatable bonds is 8. The highest BCUT2D eigenvalue weighted by Crippen LogP contribution is 2.20. The average Bonchev–Trinajstić information content (AvgIpc) is 3.29. The first kappa shape index (κ1) is 18.9. The largest absolute Gasteiger partial charge is 0.467 e. The van der Waals surface area contributed by atoms with Crippen LogP contribution < -0.4 is 0 Å². The Kier molecular flexibility index (Phi) is 6.08. The van der Waals surface area contributed by atoms with Crippen LogP contribution in [0.2, 0.25) is 0 Å². The monoisotopic (exact) mass is 367 g/mol. The van der Waals surface area contributed by atoms with E-state index >= 15 is 0 Å². The van der Waals surface area contributed by atoms with Crippen molar-refractivity contribution in [3.63, 3.8) is 0 Å². The van der Waals surface area contributed by atoms with Gasteiger partial charge in [-0.25, -0.2) is 0 Å². The molecule has 27 heavy (non-hydrogen) atoms. The van der Waals surface area contributed by atoms with Crippen LogP contribution in [0.4, 0.5) is 0 Å². The molecule has 6 nitrogen and oxygen atoms in total. The lowest BCUT2D eigenvalue weighted by Crippen LogP contribution is -2.33. The van der Waals surface area contributed by atoms with Gasteiger partial charge in [0.25, 0.3) is 5.91 Å². The van der Waals surface area contributed by atoms with Crippen LogP contribution >= 0.6 is 0 Å². The zero-order chi connectivity index (χ0) is 19.2. The second-order valence-electron chi connectivity index (χ2n) is 6.49. The predicted molar refractivity (Wildman–Crippen MR) is 103 cm³/mol. The van der Waals surface area contributed by atoms with Crippen molar-refractivity contribution in [2.24, 2.45) is 0 Å². The van der Waals surface area contributed by atoms with E-state index in [0.717, 1.165) is 22.8 Å². The molecule has 0 N–H and O–H groups in total. The number of nitrogens with zero attached hydrogens (tertiary/aromatic N) is 3. The van der Waals surface area contributed by atoms with Crippen molar-refractivity contribution in [1.29, 1.82) is 0 Å². The Hall–Kier alpha value is -2.86. The molecule has 0 aromatic carbocycles. The minimum Gasteiger partial charge on any atom is -0.467 e. The van der Waals surface area contributed by atoms with Gasteiger partial charge in [0.05, 0.1) is 37.2 Å². The smallest absolute Gasteiger partial charge is 0.256 e. The summed E-state index contributed by atoms with van der Waals surface area (Å²) < 4.78 is 12.7. The number of ether oxygens (including phenoxy) is 1. The summed E-state index contributed by atoms with van der Waals surface area (Å²) >= 11 is 0. The SMILES string of the molecule is COCCN(Cc1ccco1)C(=O)c1cc(C)n(Cc2ccccn2)c1C. The van der Waals surface area contributed by atoms with E-state index in [-0.39, 0.29) is 5.91 Å². The normalized spacial score (nSPS) is 10.9. The molecule has 0 radical (unpaired) electrons. The minimum atomic E-state index is -0.0242. The van der Waals surface area contributed by atoms with E-state index < -0.39 is 0 Å². The topological polar surface area (TPSA) is 60.5 Å². The second kappa shape index (κ2) is 8.68. The molecule has 0 saturated carbocycles. The lowest BCUT2D eigenvalue weighted by Gasteiger charge is -2.21. The number of aromatic nitrogens is 2. The maximum absolute atomic E-state index is 13.2. The molecule has 6 heteroatoms. The lowest BCUT2D eigenvalue weighted by molar-refractivity contribution is 0.0665. The van der Waals surface area contributed by atoms with Gasteiger partial charge in [-0.15, -0.1) is 0 Å². The van der Waals surface area contributed by atoms with Crippen molar-refractivity contribution in [2.75, 3.05) is 20.3 Å². The second-order valence-corrected chi connectivity index (χ2v) is 6.49. The third-order valence-corrected chi connectivity index (χ3v) is 4.63. The number of methoxy groups -OCH3 is 1. The van der Waals surface area contributed by atoms with Gasteiger partial charge in [-0.2, -0.15) is 0 Å². The van der Waals surface area contributed by atoms with Crippen LogP contribution in [-0.2, 0) is 17.8 Å². The van der Waals surface area contributed by atoms with Crippen molar-refractivity contribution < 1.29 is 13.9 Å². The Morgan fingerprint density at radius 2 is 2.11 bits per heavy atom. The van der Waals surface area contributed by atoms with E-state index in [1.807, 2.05) is 50.2 Å². The fraction of sp³-hybridized carbons (Fsp3) is 0.333. The molecule has 0 aliphatic carbocycles. The summed E-state index contributed by atoms with van der Waals surface area (Å²) in [6, 6.07) is 11.5. The maximum Gasteiger partial charge on any atom is 0.256 e. The van der Waals surface area contributed by atoms with Crippen molar-refractivity contribution in [3.05, 3.63) is 77.3 Å². The fourth-order valence-electron chi connectivity index (χ4n) is 3.13. The Morgan fingerprint density at radius 1 is 1.26 bits per heavy atom. The van der Waals surface area contributed by atoms with Gasteiger partial charge in [-0.1, -0.05) is 6.07 Å². The van der Waals surface area contributed by atoms with Gasteiger partial charge in [0, 0.05) is 31.2 Å². The van der Waals surface area contributed by atoms with E-state index in [9.17, 15) is 4.79 Å². The summed E-state index contributed by atoms with van der Waals surface area (Å²) in [5.74, 6) is 0.727. The summed E-state index contributed by atoms with van der Waals surface area (Å²) in [4.78, 5) is 19.4. The number of pyridine rings is 1. The summed E-state index contributed by atoms with van der Waals surface area (Å²) in [7, 11) is 1.63. The maximum atomic E-state index is 13.2. The molecule has 0 aliphatic heterocycles. The van der Waals surface area contributed by atoms with E-state index in [1.54, 1.807) is 24.5 Å². The van der Waals surface area contributed by atoms with Crippen LogP contribution in [0.1, 0.15) is 33.2 Å². The van der Waals surface area contributed by atoms with Crippen LogP contribution in [0.5, 0.6) is 0 Å². The van der Waals surface area contributed by atoms with Crippen LogP contribution in [-0.4, -0.2) is 40.6 Å². The zero-order valence-corrected chi connectivity index (χ0v) is 16.0. The molecule has 0 unspecified atom stereocenters. The number of furan rings is 1.